The van der Waals surface area contributed by atoms with Gasteiger partial charge in [-0.25, -0.2) is 9.78 Å². The van der Waals surface area contributed by atoms with Crippen LogP contribution < -0.4 is 16.1 Å². The van der Waals surface area contributed by atoms with Gasteiger partial charge in [0.15, 0.2) is 5.82 Å². The van der Waals surface area contributed by atoms with Gasteiger partial charge in [-0.2, -0.15) is 0 Å². The summed E-state index contributed by atoms with van der Waals surface area (Å²) in [6.07, 6.45) is 3.03. The van der Waals surface area contributed by atoms with E-state index in [1.807, 2.05) is 79.7 Å². The molecule has 3 aromatic carbocycles. The second kappa shape index (κ2) is 13.8. The van der Waals surface area contributed by atoms with E-state index in [2.05, 4.69) is 24.0 Å². The summed E-state index contributed by atoms with van der Waals surface area (Å²) in [6.45, 7) is 6.69. The molecule has 0 aliphatic carbocycles. The molecule has 0 aliphatic rings. The fourth-order valence-corrected chi connectivity index (χ4v) is 4.85. The molecular formula is C32H33N4NaO4. The van der Waals surface area contributed by atoms with Gasteiger partial charge in [0.25, 0.3) is 5.56 Å². The van der Waals surface area contributed by atoms with Crippen LogP contribution in [0.4, 0.5) is 0 Å². The summed E-state index contributed by atoms with van der Waals surface area (Å²) in [5.41, 5.74) is 5.90. The van der Waals surface area contributed by atoms with Crippen molar-refractivity contribution in [3.63, 3.8) is 0 Å². The zero-order valence-electron chi connectivity index (χ0n) is 22.9. The first-order valence-corrected chi connectivity index (χ1v) is 13.6. The van der Waals surface area contributed by atoms with Gasteiger partial charge in [0.1, 0.15) is 11.6 Å². The maximum atomic E-state index is 13.9. The molecule has 9 heteroatoms. The fraction of sp³-hybridized carbons (Fsp3) is 0.250. The molecule has 206 valence electrons. The summed E-state index contributed by atoms with van der Waals surface area (Å²) in [5, 5.41) is 3.85. The zero-order valence-corrected chi connectivity index (χ0v) is 22.9. The van der Waals surface area contributed by atoms with Crippen molar-refractivity contribution in [2.24, 2.45) is 0 Å². The molecule has 0 amide bonds. The summed E-state index contributed by atoms with van der Waals surface area (Å²) < 4.78 is 12.1. The number of nitrogens with one attached hydrogen (secondary N) is 1. The Labute approximate surface area is 260 Å². The van der Waals surface area contributed by atoms with E-state index >= 15 is 0 Å². The molecular weight excluding hydrogens is 527 g/mol. The van der Waals surface area contributed by atoms with Gasteiger partial charge in [0.05, 0.1) is 18.0 Å². The number of hydrogen-bond acceptors (Lipinski definition) is 6. The van der Waals surface area contributed by atoms with Gasteiger partial charge in [-0.1, -0.05) is 74.0 Å². The van der Waals surface area contributed by atoms with Gasteiger partial charge in [-0.05, 0) is 60.7 Å². The Morgan fingerprint density at radius 3 is 2.24 bits per heavy atom. The molecule has 1 N–H and O–H groups in total. The quantitative estimate of drug-likeness (QED) is 0.235. The van der Waals surface area contributed by atoms with Crippen LogP contribution in [-0.4, -0.2) is 55.9 Å². The Balaban J connectivity index is 0.00000387. The molecule has 5 rings (SSSR count). The third kappa shape index (κ3) is 6.78. The van der Waals surface area contributed by atoms with Crippen molar-refractivity contribution in [3.8, 4) is 34.0 Å². The van der Waals surface area contributed by atoms with Gasteiger partial charge in [-0.15, -0.1) is 0 Å². The number of rotatable bonds is 10. The number of nitrogens with zero attached hydrogens (tertiary/aromatic N) is 3. The number of ether oxygens (including phenoxy) is 1. The second-order valence-corrected chi connectivity index (χ2v) is 9.68. The van der Waals surface area contributed by atoms with Gasteiger partial charge in [-0.3, -0.25) is 18.9 Å². The average molecular weight is 561 g/mol. The number of aryl methyl sites for hydroxylation is 2. The van der Waals surface area contributed by atoms with Crippen LogP contribution in [0.25, 0.3) is 28.2 Å². The normalized spacial score (nSPS) is 10.8. The average Bonchev–Trinajstić information content (AvgIpc) is 3.41. The Hall–Kier alpha value is -3.72. The molecule has 8 nitrogen and oxygen atoms in total. The minimum absolute atomic E-state index is 0. The third-order valence-electron chi connectivity index (χ3n) is 6.75. The minimum atomic E-state index is -0.596. The number of hydrogen-bond donors (Lipinski definition) is 1. The van der Waals surface area contributed by atoms with E-state index in [0.717, 1.165) is 58.6 Å². The van der Waals surface area contributed by atoms with Crippen LogP contribution in [0.5, 0.6) is 5.75 Å². The van der Waals surface area contributed by atoms with E-state index in [-0.39, 0.29) is 35.1 Å². The van der Waals surface area contributed by atoms with Crippen LogP contribution in [-0.2, 0) is 12.8 Å². The first kappa shape index (κ1) is 30.2. The first-order chi connectivity index (χ1) is 19.5. The monoisotopic (exact) mass is 560 g/mol. The topological polar surface area (TPSA) is 103 Å². The Bertz CT molecular complexity index is 1720. The molecule has 41 heavy (non-hydrogen) atoms. The second-order valence-electron chi connectivity index (χ2n) is 9.68. The number of benzene rings is 3. The Morgan fingerprint density at radius 1 is 0.902 bits per heavy atom. The van der Waals surface area contributed by atoms with Crippen LogP contribution in [0.1, 0.15) is 49.3 Å². The molecule has 5 aromatic rings. The van der Waals surface area contributed by atoms with Gasteiger partial charge >= 0.3 is 35.3 Å². The molecule has 0 saturated heterocycles. The van der Waals surface area contributed by atoms with Gasteiger partial charge in [0, 0.05) is 17.5 Å². The standard InChI is InChI=1S/C32H32N4O4.Na.H/c1-4-8-29-28(31(37)36(21(3)33-29)24-15-17-25(18-16-24)39-19-5-2)20-22-11-13-23(14-12-22)26-9-6-7-10-27(26)30-34-32(38)40-35-30;;/h6-7,9-18H,4-5,8,19-20H2,1-3H3,(H,34,35,38);;. The summed E-state index contributed by atoms with van der Waals surface area (Å²) in [4.78, 5) is 32.9. The Morgan fingerprint density at radius 2 is 1.61 bits per heavy atom. The molecule has 0 saturated carbocycles. The van der Waals surface area contributed by atoms with E-state index in [1.54, 1.807) is 4.57 Å². The van der Waals surface area contributed by atoms with Crippen molar-refractivity contribution >= 4 is 29.6 Å². The predicted molar refractivity (Wildman–Crippen MR) is 162 cm³/mol. The summed E-state index contributed by atoms with van der Waals surface area (Å²) in [5.74, 6) is 1.23. The molecule has 0 unspecified atom stereocenters. The Kier molecular flexibility index (Phi) is 10.2. The summed E-state index contributed by atoms with van der Waals surface area (Å²) in [7, 11) is 0. The number of H-pyrrole nitrogens is 1. The molecule has 2 aromatic heterocycles. The van der Waals surface area contributed by atoms with Crippen LogP contribution in [0.2, 0.25) is 0 Å². The summed E-state index contributed by atoms with van der Waals surface area (Å²) >= 11 is 0. The molecule has 0 fully saturated rings. The van der Waals surface area contributed by atoms with E-state index in [0.29, 0.717) is 30.2 Å². The van der Waals surface area contributed by atoms with E-state index in [1.165, 1.54) is 0 Å². The molecule has 0 bridgehead atoms. The van der Waals surface area contributed by atoms with E-state index < -0.39 is 5.76 Å². The van der Waals surface area contributed by atoms with Crippen molar-refractivity contribution in [2.45, 2.75) is 46.5 Å². The maximum absolute atomic E-state index is 13.9. The van der Waals surface area contributed by atoms with Crippen LogP contribution in [0, 0.1) is 6.92 Å². The molecule has 0 radical (unpaired) electrons. The fourth-order valence-electron chi connectivity index (χ4n) is 4.85. The van der Waals surface area contributed by atoms with Crippen molar-refractivity contribution in [1.82, 2.24) is 19.7 Å². The predicted octanol–water partition coefficient (Wildman–Crippen LogP) is 5.23. The van der Waals surface area contributed by atoms with Crippen LogP contribution in [0.15, 0.2) is 86.9 Å². The zero-order chi connectivity index (χ0) is 28.1. The summed E-state index contributed by atoms with van der Waals surface area (Å²) in [6, 6.07) is 23.3. The molecule has 0 aliphatic heterocycles. The van der Waals surface area contributed by atoms with Crippen molar-refractivity contribution in [1.29, 1.82) is 0 Å². The third-order valence-corrected chi connectivity index (χ3v) is 6.75. The SMILES string of the molecule is CCCOc1ccc(-n2c(C)nc(CCC)c(Cc3ccc(-c4ccccc4-c4noc(=O)[nH]4)cc3)c2=O)cc1.[NaH]. The molecule has 0 atom stereocenters. The van der Waals surface area contributed by atoms with Gasteiger partial charge in [0.2, 0.25) is 0 Å². The van der Waals surface area contributed by atoms with Gasteiger partial charge < -0.3 is 4.74 Å². The number of aromatic nitrogens is 4. The van der Waals surface area contributed by atoms with Crippen molar-refractivity contribution in [2.75, 3.05) is 6.61 Å². The van der Waals surface area contributed by atoms with Crippen LogP contribution >= 0.6 is 0 Å². The first-order valence-electron chi connectivity index (χ1n) is 13.6. The van der Waals surface area contributed by atoms with Crippen molar-refractivity contribution in [3.05, 3.63) is 116 Å². The van der Waals surface area contributed by atoms with E-state index in [9.17, 15) is 9.59 Å². The van der Waals surface area contributed by atoms with E-state index in [4.69, 9.17) is 14.2 Å². The molecule has 2 heterocycles. The number of aromatic amines is 1. The van der Waals surface area contributed by atoms with Crippen LogP contribution in [0.3, 0.4) is 0 Å². The molecule has 0 spiro atoms. The van der Waals surface area contributed by atoms with Crippen molar-refractivity contribution < 1.29 is 9.26 Å².